The van der Waals surface area contributed by atoms with Crippen molar-refractivity contribution in [2.24, 2.45) is 0 Å². The second kappa shape index (κ2) is 5.81. The first-order valence-electron chi connectivity index (χ1n) is 6.75. The van der Waals surface area contributed by atoms with Crippen LogP contribution < -0.4 is 0 Å². The third-order valence-corrected chi connectivity index (χ3v) is 3.91. The van der Waals surface area contributed by atoms with Gasteiger partial charge in [-0.25, -0.2) is 4.39 Å². The zero-order valence-electron chi connectivity index (χ0n) is 10.6. The molecule has 1 aromatic carbocycles. The lowest BCUT2D eigenvalue weighted by molar-refractivity contribution is -0.0836. The fraction of sp³-hybridized carbons (Fsp3) is 0.600. The monoisotopic (exact) mass is 252 g/mol. The minimum Gasteiger partial charge on any atom is -0.390 e. The third-order valence-electron chi connectivity index (χ3n) is 3.91. The summed E-state index contributed by atoms with van der Waals surface area (Å²) in [4.78, 5) is 0. The molecule has 2 N–H and O–H groups in total. The van der Waals surface area contributed by atoms with Gasteiger partial charge in [0.25, 0.3) is 0 Å². The van der Waals surface area contributed by atoms with Crippen molar-refractivity contribution >= 4 is 0 Å². The molecule has 1 aliphatic carbocycles. The largest absolute Gasteiger partial charge is 0.390 e. The molecule has 1 aliphatic rings. The van der Waals surface area contributed by atoms with Gasteiger partial charge in [-0.3, -0.25) is 0 Å². The van der Waals surface area contributed by atoms with Crippen molar-refractivity contribution in [2.75, 3.05) is 0 Å². The Morgan fingerprint density at radius 2 is 1.83 bits per heavy atom. The van der Waals surface area contributed by atoms with Crippen molar-refractivity contribution in [1.29, 1.82) is 0 Å². The van der Waals surface area contributed by atoms with E-state index in [0.717, 1.165) is 31.2 Å². The fourth-order valence-corrected chi connectivity index (χ4v) is 2.75. The predicted molar refractivity (Wildman–Crippen MR) is 68.8 cm³/mol. The molecule has 0 bridgehead atoms. The van der Waals surface area contributed by atoms with Gasteiger partial charge in [-0.15, -0.1) is 0 Å². The molecule has 1 fully saturated rings. The molecule has 3 heteroatoms. The van der Waals surface area contributed by atoms with Crippen molar-refractivity contribution in [3.05, 3.63) is 35.6 Å². The molecule has 0 spiro atoms. The molecule has 1 unspecified atom stereocenters. The van der Waals surface area contributed by atoms with Crippen LogP contribution in [0.3, 0.4) is 0 Å². The van der Waals surface area contributed by atoms with E-state index in [-0.39, 0.29) is 5.82 Å². The Morgan fingerprint density at radius 1 is 1.17 bits per heavy atom. The maximum absolute atomic E-state index is 13.1. The predicted octanol–water partition coefficient (Wildman–Crippen LogP) is 2.81. The first-order chi connectivity index (χ1) is 8.60. The smallest absolute Gasteiger partial charge is 0.123 e. The Hall–Kier alpha value is -0.930. The van der Waals surface area contributed by atoms with Gasteiger partial charge in [0.1, 0.15) is 5.82 Å². The van der Waals surface area contributed by atoms with Gasteiger partial charge in [-0.2, -0.15) is 0 Å². The van der Waals surface area contributed by atoms with Gasteiger partial charge in [-0.05, 0) is 30.5 Å². The third kappa shape index (κ3) is 3.30. The van der Waals surface area contributed by atoms with Crippen molar-refractivity contribution in [3.63, 3.8) is 0 Å². The highest BCUT2D eigenvalue weighted by molar-refractivity contribution is 5.18. The van der Waals surface area contributed by atoms with Crippen molar-refractivity contribution in [3.8, 4) is 0 Å². The standard InChI is InChI=1S/C15H21FO2/c16-13-7-5-6-12(10-13)11-14(17)15(18)8-3-1-2-4-9-15/h5-7,10,14,17-18H,1-4,8-9,11H2. The van der Waals surface area contributed by atoms with Crippen LogP contribution in [0, 0.1) is 5.82 Å². The maximum Gasteiger partial charge on any atom is 0.123 e. The van der Waals surface area contributed by atoms with E-state index in [1.54, 1.807) is 12.1 Å². The van der Waals surface area contributed by atoms with E-state index in [9.17, 15) is 14.6 Å². The Balaban J connectivity index is 2.03. The summed E-state index contributed by atoms with van der Waals surface area (Å²) in [6.07, 6.45) is 4.94. The Bertz CT molecular complexity index is 384. The minimum atomic E-state index is -0.997. The van der Waals surface area contributed by atoms with Crippen molar-refractivity contribution < 1.29 is 14.6 Å². The van der Waals surface area contributed by atoms with Gasteiger partial charge in [0, 0.05) is 6.42 Å². The summed E-state index contributed by atoms with van der Waals surface area (Å²) in [6, 6.07) is 6.22. The number of halogens is 1. The highest BCUT2D eigenvalue weighted by Gasteiger charge is 2.35. The fourth-order valence-electron chi connectivity index (χ4n) is 2.75. The molecule has 0 heterocycles. The summed E-state index contributed by atoms with van der Waals surface area (Å²) in [5.41, 5.74) is -0.261. The Morgan fingerprint density at radius 3 is 2.44 bits per heavy atom. The number of hydrogen-bond donors (Lipinski definition) is 2. The molecule has 1 atom stereocenters. The lowest BCUT2D eigenvalue weighted by Gasteiger charge is -2.32. The molecule has 1 aromatic rings. The van der Waals surface area contributed by atoms with Crippen LogP contribution in [-0.2, 0) is 6.42 Å². The average molecular weight is 252 g/mol. The summed E-state index contributed by atoms with van der Waals surface area (Å²) in [6.45, 7) is 0. The first kappa shape index (κ1) is 13.5. The Kier molecular flexibility index (Phi) is 4.36. The molecular formula is C15H21FO2. The van der Waals surface area contributed by atoms with Gasteiger partial charge in [-0.1, -0.05) is 37.8 Å². The number of benzene rings is 1. The van der Waals surface area contributed by atoms with Crippen molar-refractivity contribution in [2.45, 2.75) is 56.7 Å². The van der Waals surface area contributed by atoms with Crippen LogP contribution in [-0.4, -0.2) is 21.9 Å². The lowest BCUT2D eigenvalue weighted by Crippen LogP contribution is -2.43. The van der Waals surface area contributed by atoms with E-state index in [1.807, 2.05) is 0 Å². The molecule has 0 aromatic heterocycles. The van der Waals surface area contributed by atoms with Crippen LogP contribution in [0.15, 0.2) is 24.3 Å². The summed E-state index contributed by atoms with van der Waals surface area (Å²) in [7, 11) is 0. The van der Waals surface area contributed by atoms with Gasteiger partial charge >= 0.3 is 0 Å². The summed E-state index contributed by atoms with van der Waals surface area (Å²) >= 11 is 0. The molecule has 1 saturated carbocycles. The van der Waals surface area contributed by atoms with Crippen LogP contribution >= 0.6 is 0 Å². The van der Waals surface area contributed by atoms with Crippen molar-refractivity contribution in [1.82, 2.24) is 0 Å². The first-order valence-corrected chi connectivity index (χ1v) is 6.75. The molecule has 0 amide bonds. The van der Waals surface area contributed by atoms with Crippen LogP contribution in [0.1, 0.15) is 44.1 Å². The highest BCUT2D eigenvalue weighted by atomic mass is 19.1. The highest BCUT2D eigenvalue weighted by Crippen LogP contribution is 2.31. The van der Waals surface area contributed by atoms with Gasteiger partial charge in [0.05, 0.1) is 11.7 Å². The van der Waals surface area contributed by atoms with E-state index in [1.165, 1.54) is 12.1 Å². The quantitative estimate of drug-likeness (QED) is 0.812. The van der Waals surface area contributed by atoms with Crippen LogP contribution in [0.4, 0.5) is 4.39 Å². The molecule has 18 heavy (non-hydrogen) atoms. The second-order valence-electron chi connectivity index (χ2n) is 5.37. The van der Waals surface area contributed by atoms with E-state index < -0.39 is 11.7 Å². The van der Waals surface area contributed by atoms with E-state index in [2.05, 4.69) is 0 Å². The zero-order chi connectivity index (χ0) is 13.0. The topological polar surface area (TPSA) is 40.5 Å². The maximum atomic E-state index is 13.1. The summed E-state index contributed by atoms with van der Waals surface area (Å²) in [5, 5.41) is 20.7. The second-order valence-corrected chi connectivity index (χ2v) is 5.37. The van der Waals surface area contributed by atoms with Gasteiger partial charge < -0.3 is 10.2 Å². The number of aliphatic hydroxyl groups is 2. The van der Waals surface area contributed by atoms with E-state index in [4.69, 9.17) is 0 Å². The van der Waals surface area contributed by atoms with Crippen LogP contribution in [0.25, 0.3) is 0 Å². The molecular weight excluding hydrogens is 231 g/mol. The summed E-state index contributed by atoms with van der Waals surface area (Å²) in [5.74, 6) is -0.299. The van der Waals surface area contributed by atoms with Crippen LogP contribution in [0.5, 0.6) is 0 Å². The molecule has 0 saturated heterocycles. The van der Waals surface area contributed by atoms with Crippen LogP contribution in [0.2, 0.25) is 0 Å². The molecule has 2 nitrogen and oxygen atoms in total. The van der Waals surface area contributed by atoms with Gasteiger partial charge in [0.2, 0.25) is 0 Å². The van der Waals surface area contributed by atoms with E-state index >= 15 is 0 Å². The van der Waals surface area contributed by atoms with E-state index in [0.29, 0.717) is 19.3 Å². The summed E-state index contributed by atoms with van der Waals surface area (Å²) < 4.78 is 13.1. The van der Waals surface area contributed by atoms with Gasteiger partial charge in [0.15, 0.2) is 0 Å². The normalized spacial score (nSPS) is 21.3. The SMILES string of the molecule is OC(Cc1cccc(F)c1)C1(O)CCCCCC1. The zero-order valence-corrected chi connectivity index (χ0v) is 10.6. The number of hydrogen-bond acceptors (Lipinski definition) is 2. The minimum absolute atomic E-state index is 0.299. The number of aliphatic hydroxyl groups excluding tert-OH is 1. The molecule has 2 rings (SSSR count). The lowest BCUT2D eigenvalue weighted by atomic mass is 9.85. The Labute approximate surface area is 107 Å². The molecule has 0 radical (unpaired) electrons. The molecule has 0 aliphatic heterocycles. The molecule has 100 valence electrons. The number of rotatable bonds is 3. The average Bonchev–Trinajstić information content (AvgIpc) is 2.55.